The molecule has 0 radical (unpaired) electrons. The summed E-state index contributed by atoms with van der Waals surface area (Å²) in [6.07, 6.45) is 3.09. The predicted molar refractivity (Wildman–Crippen MR) is 114 cm³/mol. The summed E-state index contributed by atoms with van der Waals surface area (Å²) in [5, 5.41) is 4.91. The molecule has 4 aromatic rings. The normalized spacial score (nSPS) is 11.6. The van der Waals surface area contributed by atoms with Crippen molar-refractivity contribution in [3.8, 4) is 34.1 Å². The van der Waals surface area contributed by atoms with Gasteiger partial charge < -0.3 is 14.4 Å². The van der Waals surface area contributed by atoms with E-state index >= 15 is 0 Å². The van der Waals surface area contributed by atoms with E-state index in [1.54, 1.807) is 31.1 Å². The van der Waals surface area contributed by atoms with Crippen molar-refractivity contribution in [1.29, 1.82) is 0 Å². The van der Waals surface area contributed by atoms with Crippen molar-refractivity contribution in [2.45, 2.75) is 0 Å². The summed E-state index contributed by atoms with van der Waals surface area (Å²) in [4.78, 5) is 33.3. The SMILES string of the molecule is CP(O)c1ccc(-c2cc(-c3cnc(-c4ccccn4)[nH]c3=O)on2)cc1.S. The molecule has 0 spiro atoms. The first-order valence-electron chi connectivity index (χ1n) is 8.12. The number of H-pyrrole nitrogens is 1. The molecular formula is C19H17N4O3PS. The summed E-state index contributed by atoms with van der Waals surface area (Å²) in [5.74, 6) is 0.718. The van der Waals surface area contributed by atoms with Gasteiger partial charge in [-0.25, -0.2) is 4.98 Å². The number of hydrogen-bond acceptors (Lipinski definition) is 6. The van der Waals surface area contributed by atoms with Crippen LogP contribution in [0.15, 0.2) is 70.2 Å². The Morgan fingerprint density at radius 2 is 1.86 bits per heavy atom. The van der Waals surface area contributed by atoms with E-state index in [9.17, 15) is 9.69 Å². The average molecular weight is 412 g/mol. The maximum absolute atomic E-state index is 12.4. The minimum absolute atomic E-state index is 0. The summed E-state index contributed by atoms with van der Waals surface area (Å²) in [6.45, 7) is 1.77. The fourth-order valence-electron chi connectivity index (χ4n) is 2.59. The van der Waals surface area contributed by atoms with Gasteiger partial charge in [-0.05, 0) is 18.8 Å². The van der Waals surface area contributed by atoms with E-state index in [0.29, 0.717) is 23.0 Å². The molecule has 0 bridgehead atoms. The highest BCUT2D eigenvalue weighted by Gasteiger charge is 2.14. The third-order valence-electron chi connectivity index (χ3n) is 4.02. The lowest BCUT2D eigenvalue weighted by Gasteiger charge is -2.03. The molecule has 0 saturated carbocycles. The molecule has 3 aromatic heterocycles. The third kappa shape index (κ3) is 4.04. The van der Waals surface area contributed by atoms with Crippen LogP contribution in [0.5, 0.6) is 0 Å². The van der Waals surface area contributed by atoms with Crippen molar-refractivity contribution < 1.29 is 9.42 Å². The standard InChI is InChI=1S/C19H15N4O3P.H2S/c1-27(25)13-7-5-12(6-8-13)16-10-17(26-23-16)14-11-21-18(22-19(14)24)15-4-2-3-9-20-15;/h2-11,25H,1H3,(H,21,22,24);1H2. The minimum atomic E-state index is -1.14. The van der Waals surface area contributed by atoms with Crippen molar-refractivity contribution in [1.82, 2.24) is 20.1 Å². The molecule has 4 rings (SSSR count). The van der Waals surface area contributed by atoms with Crippen LogP contribution in [0.3, 0.4) is 0 Å². The van der Waals surface area contributed by atoms with Gasteiger partial charge in [0.2, 0.25) is 0 Å². The molecule has 0 fully saturated rings. The largest absolute Gasteiger partial charge is 0.369 e. The van der Waals surface area contributed by atoms with Gasteiger partial charge in [-0.1, -0.05) is 35.5 Å². The Labute approximate surface area is 168 Å². The molecule has 28 heavy (non-hydrogen) atoms. The second-order valence-corrected chi connectivity index (χ2v) is 7.40. The quantitative estimate of drug-likeness (QED) is 0.500. The number of benzene rings is 1. The van der Waals surface area contributed by atoms with Gasteiger partial charge in [0, 0.05) is 29.3 Å². The van der Waals surface area contributed by atoms with E-state index in [4.69, 9.17) is 4.52 Å². The van der Waals surface area contributed by atoms with Crippen LogP contribution < -0.4 is 10.9 Å². The Morgan fingerprint density at radius 3 is 2.50 bits per heavy atom. The fourth-order valence-corrected chi connectivity index (χ4v) is 3.17. The van der Waals surface area contributed by atoms with E-state index in [-0.39, 0.29) is 24.6 Å². The predicted octanol–water partition coefficient (Wildman–Crippen LogP) is 2.91. The van der Waals surface area contributed by atoms with Gasteiger partial charge in [0.25, 0.3) is 5.56 Å². The average Bonchev–Trinajstić information content (AvgIpc) is 3.18. The summed E-state index contributed by atoms with van der Waals surface area (Å²) < 4.78 is 5.34. The van der Waals surface area contributed by atoms with Crippen LogP contribution in [-0.4, -0.2) is 31.7 Å². The van der Waals surface area contributed by atoms with E-state index in [0.717, 1.165) is 10.9 Å². The molecule has 1 unspecified atom stereocenters. The lowest BCUT2D eigenvalue weighted by atomic mass is 10.1. The highest BCUT2D eigenvalue weighted by atomic mass is 32.1. The fraction of sp³-hybridized carbons (Fsp3) is 0.0526. The Balaban J connectivity index is 0.00000225. The third-order valence-corrected chi connectivity index (χ3v) is 5.06. The zero-order valence-electron chi connectivity index (χ0n) is 14.8. The molecule has 0 amide bonds. The summed E-state index contributed by atoms with van der Waals surface area (Å²) in [7, 11) is -1.14. The van der Waals surface area contributed by atoms with Crippen LogP contribution in [-0.2, 0) is 0 Å². The van der Waals surface area contributed by atoms with Gasteiger partial charge in [0.05, 0.1) is 8.15 Å². The van der Waals surface area contributed by atoms with Crippen LogP contribution in [0.25, 0.3) is 34.1 Å². The van der Waals surface area contributed by atoms with Gasteiger partial charge >= 0.3 is 0 Å². The Bertz CT molecular complexity index is 1130. The van der Waals surface area contributed by atoms with Gasteiger partial charge in [-0.15, -0.1) is 0 Å². The zero-order chi connectivity index (χ0) is 18.8. The molecule has 7 nitrogen and oxygen atoms in total. The highest BCUT2D eigenvalue weighted by Crippen LogP contribution is 2.27. The number of aromatic amines is 1. The highest BCUT2D eigenvalue weighted by molar-refractivity contribution is 7.59. The van der Waals surface area contributed by atoms with Crippen molar-refractivity contribution in [2.24, 2.45) is 0 Å². The van der Waals surface area contributed by atoms with Crippen molar-refractivity contribution in [3.63, 3.8) is 0 Å². The molecule has 1 aromatic carbocycles. The lowest BCUT2D eigenvalue weighted by Crippen LogP contribution is -2.11. The van der Waals surface area contributed by atoms with Crippen LogP contribution in [0, 0.1) is 0 Å². The van der Waals surface area contributed by atoms with E-state index in [1.807, 2.05) is 30.3 Å². The molecule has 9 heteroatoms. The first-order valence-corrected chi connectivity index (χ1v) is 9.87. The molecule has 0 saturated heterocycles. The molecule has 3 heterocycles. The van der Waals surface area contributed by atoms with Crippen LogP contribution in [0.1, 0.15) is 0 Å². The lowest BCUT2D eigenvalue weighted by molar-refractivity contribution is 0.434. The summed E-state index contributed by atoms with van der Waals surface area (Å²) >= 11 is 0. The van der Waals surface area contributed by atoms with E-state index in [2.05, 4.69) is 20.1 Å². The van der Waals surface area contributed by atoms with Gasteiger partial charge in [-0.2, -0.15) is 13.5 Å². The summed E-state index contributed by atoms with van der Waals surface area (Å²) in [6, 6.07) is 14.5. The zero-order valence-corrected chi connectivity index (χ0v) is 16.7. The van der Waals surface area contributed by atoms with Crippen molar-refractivity contribution in [2.75, 3.05) is 6.66 Å². The van der Waals surface area contributed by atoms with Crippen molar-refractivity contribution >= 4 is 26.9 Å². The second-order valence-electron chi connectivity index (χ2n) is 5.84. The first kappa shape index (κ1) is 19.9. The monoisotopic (exact) mass is 412 g/mol. The van der Waals surface area contributed by atoms with Crippen molar-refractivity contribution in [3.05, 3.63) is 71.3 Å². The summed E-state index contributed by atoms with van der Waals surface area (Å²) in [5.41, 5.74) is 1.97. The first-order chi connectivity index (χ1) is 13.1. The number of hydrogen-bond donors (Lipinski definition) is 2. The van der Waals surface area contributed by atoms with Gasteiger partial charge in [0.15, 0.2) is 11.6 Å². The molecule has 2 N–H and O–H groups in total. The van der Waals surface area contributed by atoms with Crippen LogP contribution >= 0.6 is 21.6 Å². The van der Waals surface area contributed by atoms with Crippen LogP contribution in [0.2, 0.25) is 0 Å². The second kappa shape index (κ2) is 8.48. The minimum Gasteiger partial charge on any atom is -0.369 e. The smallest absolute Gasteiger partial charge is 0.262 e. The molecule has 0 aliphatic carbocycles. The number of pyridine rings is 1. The van der Waals surface area contributed by atoms with E-state index in [1.165, 1.54) is 6.20 Å². The molecular weight excluding hydrogens is 395 g/mol. The number of nitrogens with zero attached hydrogens (tertiary/aromatic N) is 3. The number of nitrogens with one attached hydrogen (secondary N) is 1. The van der Waals surface area contributed by atoms with Gasteiger partial charge in [-0.3, -0.25) is 9.78 Å². The molecule has 142 valence electrons. The topological polar surface area (TPSA) is 105 Å². The Hall–Kier alpha value is -2.80. The molecule has 0 aliphatic rings. The number of rotatable bonds is 4. The Kier molecular flexibility index (Phi) is 6.04. The maximum atomic E-state index is 12.4. The van der Waals surface area contributed by atoms with Crippen LogP contribution in [0.4, 0.5) is 0 Å². The number of aromatic nitrogens is 4. The molecule has 1 atom stereocenters. The molecule has 0 aliphatic heterocycles. The Morgan fingerprint density at radius 1 is 1.07 bits per heavy atom. The van der Waals surface area contributed by atoms with Gasteiger partial charge in [0.1, 0.15) is 17.0 Å². The van der Waals surface area contributed by atoms with E-state index < -0.39 is 8.15 Å². The maximum Gasteiger partial charge on any atom is 0.262 e.